The standard InChI is InChI=1S/C7H8.C3H9N.C3H7N.C2H6.CH4/c1-7-5-3-2-4-6-7;2*1-3-4-2;1-2;/h2-6H,1H3;4H,3H2,1-2H3;3-4H,1H2,2H3;1-2H3;1H4. The van der Waals surface area contributed by atoms with Crippen molar-refractivity contribution in [2.75, 3.05) is 20.6 Å². The first kappa shape index (κ1) is 25.5. The zero-order valence-corrected chi connectivity index (χ0v) is 12.4. The van der Waals surface area contributed by atoms with Gasteiger partial charge in [-0.2, -0.15) is 0 Å². The Bertz CT molecular complexity index is 206. The van der Waals surface area contributed by atoms with E-state index in [2.05, 4.69) is 43.2 Å². The summed E-state index contributed by atoms with van der Waals surface area (Å²) in [6.45, 7) is 12.6. The van der Waals surface area contributed by atoms with Crippen LogP contribution in [0.1, 0.15) is 33.8 Å². The summed E-state index contributed by atoms with van der Waals surface area (Å²) in [6.07, 6.45) is 1.62. The maximum absolute atomic E-state index is 3.37. The van der Waals surface area contributed by atoms with Gasteiger partial charge in [0.25, 0.3) is 0 Å². The molecule has 0 bridgehead atoms. The molecule has 0 aliphatic heterocycles. The Kier molecular flexibility index (Phi) is 42.1. The number of rotatable bonds is 2. The third kappa shape index (κ3) is 36.4. The maximum atomic E-state index is 3.37. The summed E-state index contributed by atoms with van der Waals surface area (Å²) in [5.74, 6) is 0. The van der Waals surface area contributed by atoms with Crippen LogP contribution in [0.3, 0.4) is 0 Å². The monoisotopic (exact) mass is 254 g/mol. The number of nitrogens with one attached hydrogen (secondary N) is 2. The van der Waals surface area contributed by atoms with Crippen molar-refractivity contribution in [1.82, 2.24) is 10.6 Å². The molecule has 0 fully saturated rings. The van der Waals surface area contributed by atoms with E-state index in [0.29, 0.717) is 0 Å². The zero-order valence-electron chi connectivity index (χ0n) is 12.4. The van der Waals surface area contributed by atoms with Crippen molar-refractivity contribution in [3.05, 3.63) is 48.7 Å². The number of hydrogen-bond acceptors (Lipinski definition) is 2. The maximum Gasteiger partial charge on any atom is 0.00275 e. The molecule has 1 rings (SSSR count). The van der Waals surface area contributed by atoms with Gasteiger partial charge >= 0.3 is 0 Å². The van der Waals surface area contributed by atoms with Crippen LogP contribution in [0.5, 0.6) is 0 Å². The summed E-state index contributed by atoms with van der Waals surface area (Å²) in [4.78, 5) is 0. The summed E-state index contributed by atoms with van der Waals surface area (Å²) < 4.78 is 0. The summed E-state index contributed by atoms with van der Waals surface area (Å²) in [5.41, 5.74) is 1.32. The Labute approximate surface area is 116 Å². The van der Waals surface area contributed by atoms with Crippen LogP contribution in [0, 0.1) is 6.92 Å². The van der Waals surface area contributed by atoms with Crippen molar-refractivity contribution >= 4 is 0 Å². The van der Waals surface area contributed by atoms with Crippen molar-refractivity contribution in [3.63, 3.8) is 0 Å². The third-order valence-electron chi connectivity index (χ3n) is 1.50. The lowest BCUT2D eigenvalue weighted by atomic mass is 10.2. The zero-order chi connectivity index (χ0) is 13.9. The molecule has 18 heavy (non-hydrogen) atoms. The molecule has 2 heteroatoms. The molecule has 0 saturated heterocycles. The SMILES string of the molecule is C.C=CNC.CC.CCNC.Cc1ccccc1. The molecule has 0 spiro atoms. The predicted octanol–water partition coefficient (Wildman–Crippen LogP) is 4.23. The second kappa shape index (κ2) is 29.6. The van der Waals surface area contributed by atoms with E-state index < -0.39 is 0 Å². The Balaban J connectivity index is -0.0000000789. The average Bonchev–Trinajstić information content (AvgIpc) is 2.42. The highest BCUT2D eigenvalue weighted by Gasteiger charge is 1.72. The first-order valence-electron chi connectivity index (χ1n) is 6.17. The van der Waals surface area contributed by atoms with Gasteiger partial charge in [-0.05, 0) is 26.7 Å². The van der Waals surface area contributed by atoms with Gasteiger partial charge < -0.3 is 10.6 Å². The molecule has 0 amide bonds. The topological polar surface area (TPSA) is 24.1 Å². The predicted molar refractivity (Wildman–Crippen MR) is 88.1 cm³/mol. The number of aryl methyl sites for hydroxylation is 1. The molecule has 0 atom stereocenters. The minimum absolute atomic E-state index is 0. The number of benzene rings is 1. The first-order valence-corrected chi connectivity index (χ1v) is 6.17. The molecule has 0 saturated carbocycles. The van der Waals surface area contributed by atoms with E-state index in [0.717, 1.165) is 6.54 Å². The van der Waals surface area contributed by atoms with Crippen LogP contribution in [-0.2, 0) is 0 Å². The molecule has 108 valence electrons. The van der Waals surface area contributed by atoms with E-state index >= 15 is 0 Å². The molecule has 0 radical (unpaired) electrons. The van der Waals surface area contributed by atoms with Gasteiger partial charge in [0.1, 0.15) is 0 Å². The van der Waals surface area contributed by atoms with Crippen LogP contribution in [-0.4, -0.2) is 20.6 Å². The molecule has 0 aliphatic rings. The van der Waals surface area contributed by atoms with Gasteiger partial charge in [0.05, 0.1) is 0 Å². The lowest BCUT2D eigenvalue weighted by Gasteiger charge is -1.82. The fraction of sp³-hybridized carbons (Fsp3) is 0.500. The van der Waals surface area contributed by atoms with E-state index in [9.17, 15) is 0 Å². The van der Waals surface area contributed by atoms with Gasteiger partial charge in [0.15, 0.2) is 0 Å². The van der Waals surface area contributed by atoms with E-state index in [4.69, 9.17) is 0 Å². The highest BCUT2D eigenvalue weighted by molar-refractivity contribution is 5.11. The second-order valence-corrected chi connectivity index (χ2v) is 2.85. The van der Waals surface area contributed by atoms with Crippen molar-refractivity contribution < 1.29 is 0 Å². The first-order chi connectivity index (χ1) is 8.22. The van der Waals surface area contributed by atoms with Gasteiger partial charge in [-0.3, -0.25) is 0 Å². The van der Waals surface area contributed by atoms with E-state index in [1.54, 1.807) is 6.20 Å². The highest BCUT2D eigenvalue weighted by Crippen LogP contribution is 1.92. The van der Waals surface area contributed by atoms with Crippen molar-refractivity contribution in [2.24, 2.45) is 0 Å². The van der Waals surface area contributed by atoms with Crippen LogP contribution in [0.4, 0.5) is 0 Å². The quantitative estimate of drug-likeness (QED) is 0.825. The summed E-state index contributed by atoms with van der Waals surface area (Å²) in [5, 5.41) is 5.62. The molecule has 1 aromatic rings. The largest absolute Gasteiger partial charge is 0.394 e. The average molecular weight is 254 g/mol. The Hall–Kier alpha value is -1.28. The Morgan fingerprint density at radius 2 is 1.44 bits per heavy atom. The molecular formula is C16H34N2. The van der Waals surface area contributed by atoms with E-state index in [1.807, 2.05) is 46.1 Å². The fourth-order valence-corrected chi connectivity index (χ4v) is 0.534. The van der Waals surface area contributed by atoms with Crippen LogP contribution >= 0.6 is 0 Å². The van der Waals surface area contributed by atoms with E-state index in [-0.39, 0.29) is 7.43 Å². The van der Waals surface area contributed by atoms with Gasteiger partial charge in [-0.15, -0.1) is 0 Å². The van der Waals surface area contributed by atoms with Crippen molar-refractivity contribution in [3.8, 4) is 0 Å². The van der Waals surface area contributed by atoms with E-state index in [1.165, 1.54) is 5.56 Å². The molecule has 2 N–H and O–H groups in total. The fourth-order valence-electron chi connectivity index (χ4n) is 0.534. The van der Waals surface area contributed by atoms with Crippen molar-refractivity contribution in [2.45, 2.75) is 35.1 Å². The van der Waals surface area contributed by atoms with Crippen LogP contribution in [0.15, 0.2) is 43.1 Å². The van der Waals surface area contributed by atoms with Gasteiger partial charge in [-0.1, -0.05) is 70.7 Å². The highest BCUT2D eigenvalue weighted by atomic mass is 14.8. The lowest BCUT2D eigenvalue weighted by Crippen LogP contribution is -2.01. The molecule has 0 aromatic heterocycles. The molecule has 1 aromatic carbocycles. The van der Waals surface area contributed by atoms with Crippen LogP contribution in [0.2, 0.25) is 0 Å². The van der Waals surface area contributed by atoms with Gasteiger partial charge in [-0.25, -0.2) is 0 Å². The molecule has 0 heterocycles. The molecule has 2 nitrogen and oxygen atoms in total. The molecular weight excluding hydrogens is 220 g/mol. The second-order valence-electron chi connectivity index (χ2n) is 2.85. The van der Waals surface area contributed by atoms with Crippen LogP contribution in [0.25, 0.3) is 0 Å². The summed E-state index contributed by atoms with van der Waals surface area (Å²) >= 11 is 0. The minimum atomic E-state index is 0. The van der Waals surface area contributed by atoms with Crippen molar-refractivity contribution in [1.29, 1.82) is 0 Å². The molecule has 0 aliphatic carbocycles. The normalized spacial score (nSPS) is 6.56. The molecule has 0 unspecified atom stereocenters. The number of hydrogen-bond donors (Lipinski definition) is 2. The smallest absolute Gasteiger partial charge is 0.00275 e. The summed E-state index contributed by atoms with van der Waals surface area (Å²) in [6, 6.07) is 10.3. The third-order valence-corrected chi connectivity index (χ3v) is 1.50. The van der Waals surface area contributed by atoms with Gasteiger partial charge in [0, 0.05) is 7.05 Å². The van der Waals surface area contributed by atoms with Crippen LogP contribution < -0.4 is 10.6 Å². The summed E-state index contributed by atoms with van der Waals surface area (Å²) in [7, 11) is 3.74. The Morgan fingerprint density at radius 3 is 1.56 bits per heavy atom. The lowest BCUT2D eigenvalue weighted by molar-refractivity contribution is 0.864. The minimum Gasteiger partial charge on any atom is -0.394 e. The Morgan fingerprint density at radius 1 is 1.11 bits per heavy atom. The van der Waals surface area contributed by atoms with Gasteiger partial charge in [0.2, 0.25) is 0 Å².